The van der Waals surface area contributed by atoms with Crippen molar-refractivity contribution in [2.24, 2.45) is 0 Å². The fourth-order valence-corrected chi connectivity index (χ4v) is 5.23. The van der Waals surface area contributed by atoms with E-state index in [4.69, 9.17) is 14.2 Å². The van der Waals surface area contributed by atoms with Gasteiger partial charge in [0.05, 0.1) is 36.9 Å². The Hall–Kier alpha value is -4.91. The maximum absolute atomic E-state index is 13.9. The molecule has 1 saturated heterocycles. The topological polar surface area (TPSA) is 111 Å². The Morgan fingerprint density at radius 3 is 2.43 bits per heavy atom. The van der Waals surface area contributed by atoms with E-state index in [1.807, 2.05) is 31.2 Å². The van der Waals surface area contributed by atoms with Gasteiger partial charge in [0.25, 0.3) is 5.88 Å². The predicted molar refractivity (Wildman–Crippen MR) is 172 cm³/mol. The summed E-state index contributed by atoms with van der Waals surface area (Å²) in [6, 6.07) is 12.4. The molecular weight excluding hydrogens is 613 g/mol. The summed E-state index contributed by atoms with van der Waals surface area (Å²) >= 11 is 0. The third-order valence-electron chi connectivity index (χ3n) is 7.71. The van der Waals surface area contributed by atoms with E-state index in [9.17, 15) is 18.0 Å². The van der Waals surface area contributed by atoms with Gasteiger partial charge in [0.1, 0.15) is 12.4 Å². The molecule has 0 bridgehead atoms. The van der Waals surface area contributed by atoms with Gasteiger partial charge in [-0.25, -0.2) is 19.7 Å². The van der Waals surface area contributed by atoms with Crippen LogP contribution in [0.5, 0.6) is 17.4 Å². The fourth-order valence-electron chi connectivity index (χ4n) is 5.23. The molecule has 13 heteroatoms. The first-order valence-corrected chi connectivity index (χ1v) is 15.4. The van der Waals surface area contributed by atoms with Crippen LogP contribution in [0.15, 0.2) is 60.9 Å². The van der Waals surface area contributed by atoms with E-state index in [0.29, 0.717) is 47.6 Å². The zero-order chi connectivity index (χ0) is 33.4. The zero-order valence-corrected chi connectivity index (χ0v) is 26.5. The van der Waals surface area contributed by atoms with E-state index < -0.39 is 17.8 Å². The molecule has 2 aromatic heterocycles. The lowest BCUT2D eigenvalue weighted by atomic mass is 10.0. The van der Waals surface area contributed by atoms with E-state index in [1.54, 1.807) is 26.3 Å². The minimum absolute atomic E-state index is 0.0266. The highest BCUT2D eigenvalue weighted by Crippen LogP contribution is 2.35. The number of carbonyl (C=O) groups is 1. The van der Waals surface area contributed by atoms with Crippen molar-refractivity contribution in [3.63, 3.8) is 0 Å². The molecular formula is C34H37F3N6O4. The van der Waals surface area contributed by atoms with Gasteiger partial charge in [-0.3, -0.25) is 0 Å². The lowest BCUT2D eigenvalue weighted by Gasteiger charge is -2.18. The number of anilines is 2. The van der Waals surface area contributed by atoms with E-state index in [1.165, 1.54) is 18.3 Å². The van der Waals surface area contributed by atoms with Crippen molar-refractivity contribution in [1.29, 1.82) is 0 Å². The zero-order valence-electron chi connectivity index (χ0n) is 26.5. The van der Waals surface area contributed by atoms with Crippen molar-refractivity contribution < 1.29 is 32.2 Å². The number of urea groups is 1. The lowest BCUT2D eigenvalue weighted by Crippen LogP contribution is -2.23. The number of hydrogen-bond acceptors (Lipinski definition) is 8. The standard InChI is InChI=1S/C34H37F3N6O4/c1-4-46-30-17-25(19-39-32(30)47-21-23-7-11-27(45-3)12-8-23)31-38-20-29(22(2)40-31)42-33(44)41-26-10-9-24(28(18-26)34(35,36)37)13-16-43-14-5-6-15-43/h7-12,17-20H,4-6,13-16,21H2,1-3H3,(H2,41,42,44). The molecule has 2 amide bonds. The summed E-state index contributed by atoms with van der Waals surface area (Å²) in [4.78, 5) is 28.2. The molecule has 1 aliphatic heterocycles. The third-order valence-corrected chi connectivity index (χ3v) is 7.71. The van der Waals surface area contributed by atoms with Gasteiger partial charge >= 0.3 is 12.2 Å². The summed E-state index contributed by atoms with van der Waals surface area (Å²) in [5.41, 5.74) is 1.70. The molecule has 0 saturated carbocycles. The van der Waals surface area contributed by atoms with Crippen molar-refractivity contribution in [1.82, 2.24) is 19.9 Å². The first-order chi connectivity index (χ1) is 22.6. The number of halogens is 3. The highest BCUT2D eigenvalue weighted by molar-refractivity contribution is 6.00. The molecule has 2 N–H and O–H groups in total. The SMILES string of the molecule is CCOc1cc(-c2ncc(NC(=O)Nc3ccc(CCN4CCCC4)c(C(F)(F)F)c3)c(C)n2)cnc1OCc1ccc(OC)cc1. The quantitative estimate of drug-likeness (QED) is 0.167. The van der Waals surface area contributed by atoms with Gasteiger partial charge in [0, 0.05) is 24.0 Å². The summed E-state index contributed by atoms with van der Waals surface area (Å²) in [5, 5.41) is 5.12. The van der Waals surface area contributed by atoms with Gasteiger partial charge in [-0.05, 0) is 87.7 Å². The molecule has 5 rings (SSSR count). The average molecular weight is 651 g/mol. The highest BCUT2D eigenvalue weighted by atomic mass is 19.4. The number of carbonyl (C=O) groups excluding carboxylic acids is 1. The number of aromatic nitrogens is 3. The second kappa shape index (κ2) is 15.1. The second-order valence-corrected chi connectivity index (χ2v) is 11.0. The Balaban J connectivity index is 1.24. The lowest BCUT2D eigenvalue weighted by molar-refractivity contribution is -0.138. The molecule has 1 fully saturated rings. The molecule has 0 aliphatic carbocycles. The number of nitrogens with zero attached hydrogens (tertiary/aromatic N) is 4. The van der Waals surface area contributed by atoms with Crippen LogP contribution in [0.3, 0.4) is 0 Å². The third kappa shape index (κ3) is 8.88. The molecule has 0 unspecified atom stereocenters. The van der Waals surface area contributed by atoms with Gasteiger partial charge in [0.2, 0.25) is 0 Å². The Bertz CT molecular complexity index is 1680. The highest BCUT2D eigenvalue weighted by Gasteiger charge is 2.33. The maximum atomic E-state index is 13.9. The van der Waals surface area contributed by atoms with Crippen molar-refractivity contribution in [2.45, 2.75) is 45.9 Å². The largest absolute Gasteiger partial charge is 0.497 e. The van der Waals surface area contributed by atoms with Crippen LogP contribution in [-0.2, 0) is 19.2 Å². The molecule has 10 nitrogen and oxygen atoms in total. The fraction of sp³-hybridized carbons (Fsp3) is 0.353. The number of nitrogens with one attached hydrogen (secondary N) is 2. The van der Waals surface area contributed by atoms with Gasteiger partial charge in [-0.2, -0.15) is 13.2 Å². The van der Waals surface area contributed by atoms with Gasteiger partial charge < -0.3 is 29.7 Å². The van der Waals surface area contributed by atoms with E-state index in [2.05, 4.69) is 30.5 Å². The smallest absolute Gasteiger partial charge is 0.416 e. The van der Waals surface area contributed by atoms with Gasteiger partial charge in [0.15, 0.2) is 11.6 Å². The molecule has 0 atom stereocenters. The molecule has 47 heavy (non-hydrogen) atoms. The number of ether oxygens (including phenoxy) is 3. The van der Waals surface area contributed by atoms with Crippen LogP contribution < -0.4 is 24.8 Å². The van der Waals surface area contributed by atoms with E-state index in [-0.39, 0.29) is 24.3 Å². The molecule has 0 spiro atoms. The summed E-state index contributed by atoms with van der Waals surface area (Å²) in [6.07, 6.45) is 0.858. The molecule has 248 valence electrons. The van der Waals surface area contributed by atoms with Crippen LogP contribution in [0.1, 0.15) is 42.1 Å². The van der Waals surface area contributed by atoms with Crippen molar-refractivity contribution in [2.75, 3.05) is 44.0 Å². The van der Waals surface area contributed by atoms with Crippen molar-refractivity contribution >= 4 is 17.4 Å². The molecule has 3 heterocycles. The van der Waals surface area contributed by atoms with Crippen LogP contribution in [0, 0.1) is 6.92 Å². The second-order valence-electron chi connectivity index (χ2n) is 11.0. The number of pyridine rings is 1. The van der Waals surface area contributed by atoms with Crippen molar-refractivity contribution in [3.8, 4) is 28.8 Å². The predicted octanol–water partition coefficient (Wildman–Crippen LogP) is 7.13. The van der Waals surface area contributed by atoms with Crippen LogP contribution in [0.4, 0.5) is 29.3 Å². The Morgan fingerprint density at radius 1 is 0.979 bits per heavy atom. The first-order valence-electron chi connectivity index (χ1n) is 15.4. The normalized spacial score (nSPS) is 13.3. The molecule has 2 aromatic carbocycles. The number of rotatable bonds is 12. The first kappa shape index (κ1) is 33.5. The minimum atomic E-state index is -4.55. The minimum Gasteiger partial charge on any atom is -0.497 e. The van der Waals surface area contributed by atoms with Crippen LogP contribution in [0.2, 0.25) is 0 Å². The summed E-state index contributed by atoms with van der Waals surface area (Å²) in [6.45, 7) is 6.56. The monoisotopic (exact) mass is 650 g/mol. The number of hydrogen-bond donors (Lipinski definition) is 2. The Labute approximate surface area is 271 Å². The number of methoxy groups -OCH3 is 1. The van der Waals surface area contributed by atoms with Crippen LogP contribution in [-0.4, -0.2) is 59.2 Å². The number of aryl methyl sites for hydroxylation is 1. The number of alkyl halides is 3. The van der Waals surface area contributed by atoms with Crippen molar-refractivity contribution in [3.05, 3.63) is 83.3 Å². The Morgan fingerprint density at radius 2 is 1.74 bits per heavy atom. The molecule has 4 aromatic rings. The van der Waals surface area contributed by atoms with E-state index in [0.717, 1.165) is 43.3 Å². The summed E-state index contributed by atoms with van der Waals surface area (Å²) in [7, 11) is 1.60. The maximum Gasteiger partial charge on any atom is 0.416 e. The molecule has 1 aliphatic rings. The average Bonchev–Trinajstić information content (AvgIpc) is 3.58. The number of benzene rings is 2. The van der Waals surface area contributed by atoms with Crippen LogP contribution >= 0.6 is 0 Å². The summed E-state index contributed by atoms with van der Waals surface area (Å²) < 4.78 is 58.5. The Kier molecular flexibility index (Phi) is 10.8. The van der Waals surface area contributed by atoms with Crippen LogP contribution in [0.25, 0.3) is 11.4 Å². The van der Waals surface area contributed by atoms with Gasteiger partial charge in [-0.1, -0.05) is 18.2 Å². The molecule has 0 radical (unpaired) electrons. The van der Waals surface area contributed by atoms with Gasteiger partial charge in [-0.15, -0.1) is 0 Å². The van der Waals surface area contributed by atoms with E-state index >= 15 is 0 Å². The number of likely N-dealkylation sites (tertiary alicyclic amines) is 1. The number of amides is 2. The summed E-state index contributed by atoms with van der Waals surface area (Å²) in [5.74, 6) is 1.81.